The van der Waals surface area contributed by atoms with Gasteiger partial charge in [-0.05, 0) is 12.8 Å². The van der Waals surface area contributed by atoms with Gasteiger partial charge in [0, 0.05) is 13.1 Å². The van der Waals surface area contributed by atoms with Gasteiger partial charge in [-0.1, -0.05) is 0 Å². The lowest BCUT2D eigenvalue weighted by atomic mass is 9.95. The molecule has 16 heavy (non-hydrogen) atoms. The fourth-order valence-electron chi connectivity index (χ4n) is 2.36. The number of rotatable bonds is 4. The van der Waals surface area contributed by atoms with Gasteiger partial charge in [0.25, 0.3) is 0 Å². The Balaban J connectivity index is 2.13. The SMILES string of the molecule is O=C(O)C(N1CCOCC1)C1(C(F)F)CC1. The summed E-state index contributed by atoms with van der Waals surface area (Å²) in [6, 6.07) is -1.06. The summed E-state index contributed by atoms with van der Waals surface area (Å²) in [5, 5.41) is 9.13. The first-order valence-electron chi connectivity index (χ1n) is 5.41. The summed E-state index contributed by atoms with van der Waals surface area (Å²) >= 11 is 0. The summed E-state index contributed by atoms with van der Waals surface area (Å²) in [7, 11) is 0. The van der Waals surface area contributed by atoms with Gasteiger partial charge in [0.1, 0.15) is 6.04 Å². The third-order valence-electron chi connectivity index (χ3n) is 3.45. The van der Waals surface area contributed by atoms with Gasteiger partial charge in [-0.15, -0.1) is 0 Å². The molecule has 92 valence electrons. The molecular weight excluding hydrogens is 220 g/mol. The van der Waals surface area contributed by atoms with Crippen LogP contribution in [0.25, 0.3) is 0 Å². The van der Waals surface area contributed by atoms with Gasteiger partial charge in [-0.25, -0.2) is 8.78 Å². The van der Waals surface area contributed by atoms with E-state index in [0.29, 0.717) is 39.1 Å². The van der Waals surface area contributed by atoms with Crippen LogP contribution in [0.2, 0.25) is 0 Å². The predicted octanol–water partition coefficient (Wildman–Crippen LogP) is 0.817. The number of morpholine rings is 1. The summed E-state index contributed by atoms with van der Waals surface area (Å²) in [6.45, 7) is 1.68. The zero-order valence-corrected chi connectivity index (χ0v) is 8.86. The van der Waals surface area contributed by atoms with E-state index < -0.39 is 23.9 Å². The first kappa shape index (κ1) is 11.7. The van der Waals surface area contributed by atoms with E-state index in [2.05, 4.69) is 0 Å². The molecule has 0 amide bonds. The summed E-state index contributed by atoms with van der Waals surface area (Å²) < 4.78 is 30.9. The number of carboxylic acids is 1. The zero-order chi connectivity index (χ0) is 11.8. The second-order valence-corrected chi connectivity index (χ2v) is 4.42. The van der Waals surface area contributed by atoms with Crippen LogP contribution in [0.15, 0.2) is 0 Å². The maximum absolute atomic E-state index is 12.9. The first-order valence-corrected chi connectivity index (χ1v) is 5.41. The minimum atomic E-state index is -2.56. The molecule has 0 aromatic carbocycles. The lowest BCUT2D eigenvalue weighted by Crippen LogP contribution is -2.53. The quantitative estimate of drug-likeness (QED) is 0.783. The van der Waals surface area contributed by atoms with Crippen molar-refractivity contribution in [1.82, 2.24) is 4.90 Å². The Hall–Kier alpha value is -0.750. The molecule has 0 aromatic rings. The molecule has 1 saturated carbocycles. The molecule has 0 spiro atoms. The van der Waals surface area contributed by atoms with Crippen LogP contribution in [-0.2, 0) is 9.53 Å². The van der Waals surface area contributed by atoms with Crippen molar-refractivity contribution >= 4 is 5.97 Å². The van der Waals surface area contributed by atoms with Crippen molar-refractivity contribution in [1.29, 1.82) is 0 Å². The molecular formula is C10H15F2NO3. The Bertz CT molecular complexity index is 275. The number of aliphatic carboxylic acids is 1. The lowest BCUT2D eigenvalue weighted by Gasteiger charge is -2.36. The van der Waals surface area contributed by atoms with Gasteiger partial charge in [-0.2, -0.15) is 0 Å². The molecule has 4 nitrogen and oxygen atoms in total. The third kappa shape index (κ3) is 1.91. The first-order chi connectivity index (χ1) is 7.58. The van der Waals surface area contributed by atoms with E-state index in [0.717, 1.165) is 0 Å². The fourth-order valence-corrected chi connectivity index (χ4v) is 2.36. The molecule has 1 aliphatic carbocycles. The Kier molecular flexibility index (Phi) is 3.12. The van der Waals surface area contributed by atoms with E-state index in [1.54, 1.807) is 4.90 Å². The highest BCUT2D eigenvalue weighted by atomic mass is 19.3. The zero-order valence-electron chi connectivity index (χ0n) is 8.86. The molecule has 1 heterocycles. The maximum Gasteiger partial charge on any atom is 0.321 e. The summed E-state index contributed by atoms with van der Waals surface area (Å²) in [5.74, 6) is -1.14. The smallest absolute Gasteiger partial charge is 0.321 e. The van der Waals surface area contributed by atoms with E-state index in [1.165, 1.54) is 0 Å². The molecule has 6 heteroatoms. The average Bonchev–Trinajstić information content (AvgIpc) is 3.00. The van der Waals surface area contributed by atoms with Gasteiger partial charge in [0.05, 0.1) is 18.6 Å². The molecule has 0 bridgehead atoms. The molecule has 1 unspecified atom stereocenters. The Morgan fingerprint density at radius 1 is 1.31 bits per heavy atom. The number of alkyl halides is 2. The van der Waals surface area contributed by atoms with Crippen LogP contribution in [0.4, 0.5) is 8.78 Å². The van der Waals surface area contributed by atoms with Crippen LogP contribution < -0.4 is 0 Å². The Morgan fingerprint density at radius 2 is 1.88 bits per heavy atom. The fraction of sp³-hybridized carbons (Fsp3) is 0.900. The number of carbonyl (C=O) groups is 1. The van der Waals surface area contributed by atoms with E-state index in [1.807, 2.05) is 0 Å². The summed E-state index contributed by atoms with van der Waals surface area (Å²) in [6.07, 6.45) is -1.95. The lowest BCUT2D eigenvalue weighted by molar-refractivity contribution is -0.153. The second-order valence-electron chi connectivity index (χ2n) is 4.42. The van der Waals surface area contributed by atoms with Gasteiger partial charge in [0.15, 0.2) is 0 Å². The van der Waals surface area contributed by atoms with E-state index >= 15 is 0 Å². The molecule has 2 fully saturated rings. The van der Waals surface area contributed by atoms with Crippen molar-refractivity contribution in [2.75, 3.05) is 26.3 Å². The molecule has 1 N–H and O–H groups in total. The normalized spacial score (nSPS) is 26.7. The Labute approximate surface area is 92.2 Å². The van der Waals surface area contributed by atoms with Gasteiger partial charge < -0.3 is 9.84 Å². The molecule has 1 aliphatic heterocycles. The van der Waals surface area contributed by atoms with Gasteiger partial charge in [-0.3, -0.25) is 9.69 Å². The predicted molar refractivity (Wildman–Crippen MR) is 51.5 cm³/mol. The number of hydrogen-bond acceptors (Lipinski definition) is 3. The third-order valence-corrected chi connectivity index (χ3v) is 3.45. The summed E-state index contributed by atoms with van der Waals surface area (Å²) in [5.41, 5.74) is -1.32. The van der Waals surface area contributed by atoms with Crippen LogP contribution in [0.1, 0.15) is 12.8 Å². The largest absolute Gasteiger partial charge is 0.480 e. The van der Waals surface area contributed by atoms with Crippen molar-refractivity contribution in [3.8, 4) is 0 Å². The maximum atomic E-state index is 12.9. The van der Waals surface area contributed by atoms with Crippen molar-refractivity contribution in [2.24, 2.45) is 5.41 Å². The van der Waals surface area contributed by atoms with Crippen molar-refractivity contribution < 1.29 is 23.4 Å². The second kappa shape index (κ2) is 4.25. The number of nitrogens with zero attached hydrogens (tertiary/aromatic N) is 1. The van der Waals surface area contributed by atoms with Crippen LogP contribution in [0.5, 0.6) is 0 Å². The number of halogens is 2. The highest BCUT2D eigenvalue weighted by Crippen LogP contribution is 2.55. The van der Waals surface area contributed by atoms with Gasteiger partial charge in [0.2, 0.25) is 6.43 Å². The summed E-state index contributed by atoms with van der Waals surface area (Å²) in [4.78, 5) is 12.8. The number of ether oxygens (including phenoxy) is 1. The van der Waals surface area contributed by atoms with Crippen molar-refractivity contribution in [2.45, 2.75) is 25.3 Å². The topological polar surface area (TPSA) is 49.8 Å². The minimum Gasteiger partial charge on any atom is -0.480 e. The van der Waals surface area contributed by atoms with E-state index in [4.69, 9.17) is 9.84 Å². The van der Waals surface area contributed by atoms with Crippen molar-refractivity contribution in [3.05, 3.63) is 0 Å². The van der Waals surface area contributed by atoms with Crippen molar-refractivity contribution in [3.63, 3.8) is 0 Å². The van der Waals surface area contributed by atoms with Crippen LogP contribution in [-0.4, -0.2) is 54.7 Å². The molecule has 1 saturated heterocycles. The van der Waals surface area contributed by atoms with Crippen LogP contribution in [0.3, 0.4) is 0 Å². The standard InChI is InChI=1S/C10H15F2NO3/c11-9(12)10(1-2-10)7(8(14)15)13-3-5-16-6-4-13/h7,9H,1-6H2,(H,14,15). The van der Waals surface area contributed by atoms with Crippen LogP contribution >= 0.6 is 0 Å². The van der Waals surface area contributed by atoms with Crippen LogP contribution in [0, 0.1) is 5.41 Å². The van der Waals surface area contributed by atoms with E-state index in [9.17, 15) is 13.6 Å². The molecule has 2 aliphatic rings. The monoisotopic (exact) mass is 235 g/mol. The van der Waals surface area contributed by atoms with Gasteiger partial charge >= 0.3 is 5.97 Å². The highest BCUT2D eigenvalue weighted by Gasteiger charge is 2.61. The molecule has 1 atom stereocenters. The molecule has 0 aromatic heterocycles. The number of hydrogen-bond donors (Lipinski definition) is 1. The Morgan fingerprint density at radius 3 is 2.25 bits per heavy atom. The molecule has 0 radical (unpaired) electrons. The van der Waals surface area contributed by atoms with E-state index in [-0.39, 0.29) is 0 Å². The average molecular weight is 235 g/mol. The number of carboxylic acid groups (broad SMARTS) is 1. The molecule has 2 rings (SSSR count). The minimum absolute atomic E-state index is 0.305. The highest BCUT2D eigenvalue weighted by molar-refractivity contribution is 5.75.